The summed E-state index contributed by atoms with van der Waals surface area (Å²) in [5, 5.41) is 23.0. The number of hydrogen-bond acceptors (Lipinski definition) is 7. The molecule has 174 valence electrons. The van der Waals surface area contributed by atoms with Crippen molar-refractivity contribution in [1.29, 1.82) is 0 Å². The topological polar surface area (TPSA) is 108 Å². The third-order valence-electron chi connectivity index (χ3n) is 4.89. The van der Waals surface area contributed by atoms with Gasteiger partial charge in [-0.3, -0.25) is 20.2 Å². The summed E-state index contributed by atoms with van der Waals surface area (Å²) >= 11 is 0. The zero-order chi connectivity index (χ0) is 24.0. The first-order valence-corrected chi connectivity index (χ1v) is 11.6. The Kier molecular flexibility index (Phi) is 9.21. The van der Waals surface area contributed by atoms with Crippen molar-refractivity contribution in [1.82, 2.24) is 4.67 Å². The summed E-state index contributed by atoms with van der Waals surface area (Å²) in [6.45, 7) is 11.5. The van der Waals surface area contributed by atoms with E-state index in [1.807, 2.05) is 32.4 Å². The Balaban J connectivity index is 2.39. The Hall–Kier alpha value is -2.45. The highest BCUT2D eigenvalue weighted by Crippen LogP contribution is 2.53. The second-order valence-electron chi connectivity index (χ2n) is 7.93. The number of hydrogen-bond donors (Lipinski definition) is 0. The molecule has 0 aromatic heterocycles. The lowest BCUT2D eigenvalue weighted by molar-refractivity contribution is -0.386. The summed E-state index contributed by atoms with van der Waals surface area (Å²) in [4.78, 5) is 22.1. The highest BCUT2D eigenvalue weighted by Gasteiger charge is 2.33. The molecule has 0 N–H and O–H groups in total. The van der Waals surface area contributed by atoms with E-state index in [2.05, 4.69) is 0 Å². The van der Waals surface area contributed by atoms with Crippen LogP contribution in [0.1, 0.15) is 64.9 Å². The molecule has 0 saturated carbocycles. The molecule has 9 nitrogen and oxygen atoms in total. The van der Waals surface area contributed by atoms with Gasteiger partial charge in [-0.1, -0.05) is 24.3 Å². The summed E-state index contributed by atoms with van der Waals surface area (Å²) < 4.78 is 14.6. The molecule has 0 unspecified atom stereocenters. The summed E-state index contributed by atoms with van der Waals surface area (Å²) in [5.41, 5.74) is 0.837. The van der Waals surface area contributed by atoms with E-state index in [0.29, 0.717) is 11.1 Å². The molecule has 2 rings (SSSR count). The smallest absolute Gasteiger partial charge is 0.275 e. The van der Waals surface area contributed by atoms with Crippen LogP contribution in [0.2, 0.25) is 0 Å². The maximum atomic E-state index is 11.5. The summed E-state index contributed by atoms with van der Waals surface area (Å²) in [6, 6.07) is 13.0. The van der Waals surface area contributed by atoms with Gasteiger partial charge in [0.1, 0.15) is 0 Å². The molecule has 0 aliphatic heterocycles. The van der Waals surface area contributed by atoms with Crippen molar-refractivity contribution in [3.05, 3.63) is 79.9 Å². The minimum atomic E-state index is -1.70. The van der Waals surface area contributed by atoms with Crippen LogP contribution in [0.25, 0.3) is 0 Å². The van der Waals surface area contributed by atoms with Crippen molar-refractivity contribution in [3.8, 4) is 0 Å². The van der Waals surface area contributed by atoms with E-state index in [9.17, 15) is 20.2 Å². The monoisotopic (exact) mass is 463 g/mol. The van der Waals surface area contributed by atoms with E-state index in [4.69, 9.17) is 9.05 Å². The molecule has 0 heterocycles. The van der Waals surface area contributed by atoms with Gasteiger partial charge >= 0.3 is 0 Å². The van der Waals surface area contributed by atoms with E-state index in [1.54, 1.807) is 50.2 Å². The Morgan fingerprint density at radius 3 is 1.38 bits per heavy atom. The minimum Gasteiger partial charge on any atom is -0.314 e. The van der Waals surface area contributed by atoms with Crippen molar-refractivity contribution >= 4 is 19.9 Å². The van der Waals surface area contributed by atoms with Gasteiger partial charge in [0.25, 0.3) is 19.9 Å². The third-order valence-corrected chi connectivity index (χ3v) is 7.18. The van der Waals surface area contributed by atoms with Crippen molar-refractivity contribution in [3.63, 3.8) is 0 Å². The fourth-order valence-corrected chi connectivity index (χ4v) is 5.28. The van der Waals surface area contributed by atoms with Gasteiger partial charge in [0.05, 0.1) is 33.2 Å². The van der Waals surface area contributed by atoms with Crippen LogP contribution in [0.5, 0.6) is 0 Å². The first-order chi connectivity index (χ1) is 15.0. The Bertz CT molecular complexity index is 866. The first-order valence-electron chi connectivity index (χ1n) is 10.4. The predicted molar refractivity (Wildman–Crippen MR) is 124 cm³/mol. The lowest BCUT2D eigenvalue weighted by Crippen LogP contribution is -2.34. The van der Waals surface area contributed by atoms with Crippen LogP contribution in [0, 0.1) is 20.2 Å². The van der Waals surface area contributed by atoms with Gasteiger partial charge < -0.3 is 9.05 Å². The van der Waals surface area contributed by atoms with Gasteiger partial charge in [-0.2, -0.15) is 0 Å². The van der Waals surface area contributed by atoms with Crippen molar-refractivity contribution < 1.29 is 18.9 Å². The highest BCUT2D eigenvalue weighted by molar-refractivity contribution is 7.44. The van der Waals surface area contributed by atoms with Crippen molar-refractivity contribution in [2.75, 3.05) is 0 Å². The minimum absolute atomic E-state index is 0.0256. The molecular formula is C22H30N3O6P. The number of rotatable bonds is 11. The van der Waals surface area contributed by atoms with Gasteiger partial charge in [-0.25, -0.2) is 4.67 Å². The average Bonchev–Trinajstić information content (AvgIpc) is 2.72. The maximum Gasteiger partial charge on any atom is 0.275 e. The SMILES string of the molecule is CC(C)N(C(C)C)P(O[C@H](C)c1ccccc1[N+](=O)[O-])O[C@H](C)c1ccccc1[N+](=O)[O-]. The third kappa shape index (κ3) is 6.29. The molecule has 2 aromatic carbocycles. The fourth-order valence-electron chi connectivity index (χ4n) is 3.49. The van der Waals surface area contributed by atoms with Crippen LogP contribution in [-0.2, 0) is 9.05 Å². The molecule has 0 saturated heterocycles. The van der Waals surface area contributed by atoms with Crippen LogP contribution >= 0.6 is 8.53 Å². The Morgan fingerprint density at radius 1 is 0.719 bits per heavy atom. The molecule has 2 atom stereocenters. The molecular weight excluding hydrogens is 433 g/mol. The second kappa shape index (κ2) is 11.4. The van der Waals surface area contributed by atoms with Gasteiger partial charge in [-0.05, 0) is 53.7 Å². The maximum absolute atomic E-state index is 11.5. The standard InChI is InChI=1S/C22H30N3O6P/c1-15(2)23(16(3)4)32(30-17(5)19-11-7-9-13-21(19)24(26)27)31-18(6)20-12-8-10-14-22(20)25(28)29/h7-18H,1-6H3/t17-,18-/m1/s1. The summed E-state index contributed by atoms with van der Waals surface area (Å²) in [5.74, 6) is 0. The van der Waals surface area contributed by atoms with E-state index in [1.165, 1.54) is 12.1 Å². The Labute approximate surface area is 189 Å². The molecule has 0 radical (unpaired) electrons. The van der Waals surface area contributed by atoms with Crippen molar-refractivity contribution in [2.45, 2.75) is 65.8 Å². The zero-order valence-electron chi connectivity index (χ0n) is 19.2. The molecule has 0 amide bonds. The molecule has 0 bridgehead atoms. The number of para-hydroxylation sites is 2. The molecule has 32 heavy (non-hydrogen) atoms. The number of nitro benzene ring substituents is 2. The predicted octanol–water partition coefficient (Wildman–Crippen LogP) is 6.70. The van der Waals surface area contributed by atoms with Crippen LogP contribution in [0.3, 0.4) is 0 Å². The van der Waals surface area contributed by atoms with Crippen LogP contribution in [0.4, 0.5) is 11.4 Å². The van der Waals surface area contributed by atoms with Crippen LogP contribution in [0.15, 0.2) is 48.5 Å². The van der Waals surface area contributed by atoms with Gasteiger partial charge in [-0.15, -0.1) is 0 Å². The summed E-state index contributed by atoms with van der Waals surface area (Å²) in [6.07, 6.45) is -1.25. The van der Waals surface area contributed by atoms with E-state index in [-0.39, 0.29) is 23.5 Å². The van der Waals surface area contributed by atoms with E-state index < -0.39 is 30.6 Å². The molecule has 10 heteroatoms. The van der Waals surface area contributed by atoms with Crippen molar-refractivity contribution in [2.24, 2.45) is 0 Å². The number of nitrogens with zero attached hydrogens (tertiary/aromatic N) is 3. The normalized spacial score (nSPS) is 13.7. The Morgan fingerprint density at radius 2 is 1.06 bits per heavy atom. The fraction of sp³-hybridized carbons (Fsp3) is 0.455. The number of nitro groups is 2. The highest BCUT2D eigenvalue weighted by atomic mass is 31.2. The van der Waals surface area contributed by atoms with E-state index in [0.717, 1.165) is 0 Å². The molecule has 0 aliphatic carbocycles. The largest absolute Gasteiger partial charge is 0.314 e. The van der Waals surface area contributed by atoms with E-state index >= 15 is 0 Å². The van der Waals surface area contributed by atoms with Crippen LogP contribution in [-0.4, -0.2) is 26.6 Å². The average molecular weight is 463 g/mol. The quantitative estimate of drug-likeness (QED) is 0.207. The number of benzene rings is 2. The lowest BCUT2D eigenvalue weighted by Gasteiger charge is -2.38. The first kappa shape index (κ1) is 25.8. The summed E-state index contributed by atoms with van der Waals surface area (Å²) in [7, 11) is -1.70. The van der Waals surface area contributed by atoms with Gasteiger partial charge in [0.15, 0.2) is 0 Å². The molecule has 2 aromatic rings. The van der Waals surface area contributed by atoms with Gasteiger partial charge in [0, 0.05) is 24.2 Å². The zero-order valence-corrected chi connectivity index (χ0v) is 20.1. The molecule has 0 spiro atoms. The molecule has 0 fully saturated rings. The second-order valence-corrected chi connectivity index (χ2v) is 9.29. The van der Waals surface area contributed by atoms with Crippen LogP contribution < -0.4 is 0 Å². The molecule has 0 aliphatic rings. The van der Waals surface area contributed by atoms with Gasteiger partial charge in [0.2, 0.25) is 0 Å². The lowest BCUT2D eigenvalue weighted by atomic mass is 10.1.